The first kappa shape index (κ1) is 35.9. The average molecular weight is 683 g/mol. The highest BCUT2D eigenvalue weighted by atomic mass is 16.5. The molecule has 0 bridgehead atoms. The Morgan fingerprint density at radius 3 is 2.38 bits per heavy atom. The molecule has 4 aromatic rings. The zero-order valence-corrected chi connectivity index (χ0v) is 29.9. The van der Waals surface area contributed by atoms with Crippen molar-refractivity contribution in [1.29, 1.82) is 0 Å². The van der Waals surface area contributed by atoms with Gasteiger partial charge in [0.1, 0.15) is 11.9 Å². The number of hydrogen-bond donors (Lipinski definition) is 4. The molecule has 12 heteroatoms. The number of rotatable bonds is 12. The molecule has 0 aliphatic heterocycles. The number of hydrogen-bond acceptors (Lipinski definition) is 9. The highest BCUT2D eigenvalue weighted by molar-refractivity contribution is 5.97. The number of carbonyl (C=O) groups excluding carboxylic acids is 2. The molecule has 1 aliphatic rings. The van der Waals surface area contributed by atoms with E-state index >= 15 is 0 Å². The van der Waals surface area contributed by atoms with E-state index in [4.69, 9.17) is 14.2 Å². The predicted molar refractivity (Wildman–Crippen MR) is 194 cm³/mol. The maximum Gasteiger partial charge on any atom is 0.246 e. The lowest BCUT2D eigenvalue weighted by Crippen LogP contribution is -2.37. The SMILES string of the molecule is COc1cc2c(c(OC)c1OC)-c1ccc(N[C@@H](CC(C)C)C(=O)Nc3cccc(-c4n[nH]c(C(C)C)n4)c3)c(=O)cc1[C@@H](NC(C)=O)CC2. The summed E-state index contributed by atoms with van der Waals surface area (Å²) in [6.45, 7) is 9.56. The zero-order valence-electron chi connectivity index (χ0n) is 29.9. The number of methoxy groups -OCH3 is 3. The molecule has 5 rings (SSSR count). The van der Waals surface area contributed by atoms with Crippen LogP contribution in [0.1, 0.15) is 76.4 Å². The van der Waals surface area contributed by atoms with Crippen LogP contribution in [0.5, 0.6) is 17.2 Å². The van der Waals surface area contributed by atoms with Gasteiger partial charge in [0, 0.05) is 29.7 Å². The van der Waals surface area contributed by atoms with Crippen LogP contribution >= 0.6 is 0 Å². The van der Waals surface area contributed by atoms with Crippen LogP contribution in [0.25, 0.3) is 22.5 Å². The number of benzene rings is 2. The number of fused-ring (bicyclic) bond motifs is 3. The van der Waals surface area contributed by atoms with E-state index in [2.05, 4.69) is 31.1 Å². The second-order valence-corrected chi connectivity index (χ2v) is 13.2. The fourth-order valence-electron chi connectivity index (χ4n) is 6.34. The van der Waals surface area contributed by atoms with E-state index in [0.29, 0.717) is 59.1 Å². The molecule has 0 saturated heterocycles. The van der Waals surface area contributed by atoms with Crippen LogP contribution in [0, 0.1) is 5.92 Å². The van der Waals surface area contributed by atoms with Crippen molar-refractivity contribution in [2.24, 2.45) is 5.92 Å². The van der Waals surface area contributed by atoms with E-state index in [1.165, 1.54) is 6.92 Å². The minimum Gasteiger partial charge on any atom is -0.493 e. The average Bonchev–Trinajstić information content (AvgIpc) is 3.47. The summed E-state index contributed by atoms with van der Waals surface area (Å²) < 4.78 is 17.2. The van der Waals surface area contributed by atoms with Gasteiger partial charge in [-0.3, -0.25) is 19.5 Å². The first-order valence-corrected chi connectivity index (χ1v) is 16.8. The van der Waals surface area contributed by atoms with Gasteiger partial charge in [0.2, 0.25) is 23.0 Å². The van der Waals surface area contributed by atoms with E-state index in [1.807, 2.05) is 58.0 Å². The number of anilines is 2. The molecule has 0 fully saturated rings. The molecule has 12 nitrogen and oxygen atoms in total. The molecule has 4 N–H and O–H groups in total. The van der Waals surface area contributed by atoms with Crippen molar-refractivity contribution >= 4 is 23.2 Å². The van der Waals surface area contributed by atoms with Crippen molar-refractivity contribution < 1.29 is 23.8 Å². The molecular weight excluding hydrogens is 636 g/mol. The van der Waals surface area contributed by atoms with Crippen LogP contribution in [0.3, 0.4) is 0 Å². The number of aromatic amines is 1. The van der Waals surface area contributed by atoms with Gasteiger partial charge < -0.3 is 30.2 Å². The Labute approximate surface area is 292 Å². The second kappa shape index (κ2) is 15.4. The molecule has 0 spiro atoms. The Balaban J connectivity index is 1.53. The van der Waals surface area contributed by atoms with Gasteiger partial charge >= 0.3 is 0 Å². The molecule has 0 unspecified atom stereocenters. The van der Waals surface area contributed by atoms with Crippen LogP contribution < -0.4 is 35.6 Å². The quantitative estimate of drug-likeness (QED) is 0.136. The molecule has 2 atom stereocenters. The topological polar surface area (TPSA) is 157 Å². The van der Waals surface area contributed by atoms with Crippen molar-refractivity contribution in [3.05, 3.63) is 75.7 Å². The number of nitrogens with one attached hydrogen (secondary N) is 4. The first-order chi connectivity index (χ1) is 23.9. The summed E-state index contributed by atoms with van der Waals surface area (Å²) in [5, 5.41) is 16.6. The van der Waals surface area contributed by atoms with E-state index in [0.717, 1.165) is 22.5 Å². The molecule has 1 heterocycles. The van der Waals surface area contributed by atoms with Crippen LogP contribution in [0.2, 0.25) is 0 Å². The van der Waals surface area contributed by atoms with Crippen LogP contribution in [0.15, 0.2) is 53.3 Å². The fraction of sp³-hybridized carbons (Fsp3) is 0.395. The summed E-state index contributed by atoms with van der Waals surface area (Å²) in [5.41, 5.74) is 4.28. The molecule has 50 heavy (non-hydrogen) atoms. The van der Waals surface area contributed by atoms with Crippen molar-refractivity contribution in [3.63, 3.8) is 0 Å². The Morgan fingerprint density at radius 2 is 1.74 bits per heavy atom. The standard InChI is InChI=1S/C38H46N6O6/c1-20(2)16-30(38(47)40-25-11-9-10-24(17-25)37-42-36(21(3)4)43-44-37)41-29-15-13-26-27(19-31(29)46)28(39-22(5)45)14-12-23-18-32(48-6)34(49-7)35(50-8)33(23)26/h9-11,13,15,17-21,28,30H,12,14,16H2,1-8H3,(H,39,45)(H,40,47)(H,41,46)(H,42,43,44)/t28-,30-/m0/s1. The third kappa shape index (κ3) is 7.74. The number of amides is 2. The van der Waals surface area contributed by atoms with Crippen LogP contribution in [-0.4, -0.2) is 54.4 Å². The minimum absolute atomic E-state index is 0.138. The van der Waals surface area contributed by atoms with Crippen molar-refractivity contribution in [1.82, 2.24) is 20.5 Å². The van der Waals surface area contributed by atoms with Gasteiger partial charge in [-0.15, -0.1) is 0 Å². The maximum absolute atomic E-state index is 14.0. The number of ether oxygens (including phenoxy) is 3. The summed E-state index contributed by atoms with van der Waals surface area (Å²) in [5.74, 6) is 2.55. The molecule has 1 aromatic heterocycles. The second-order valence-electron chi connectivity index (χ2n) is 13.2. The van der Waals surface area contributed by atoms with Crippen molar-refractivity contribution in [2.75, 3.05) is 32.0 Å². The lowest BCUT2D eigenvalue weighted by Gasteiger charge is -2.21. The largest absolute Gasteiger partial charge is 0.493 e. The number of nitrogens with zero attached hydrogens (tertiary/aromatic N) is 2. The summed E-state index contributed by atoms with van der Waals surface area (Å²) in [4.78, 5) is 44.7. The molecule has 2 amide bonds. The third-order valence-corrected chi connectivity index (χ3v) is 8.71. The summed E-state index contributed by atoms with van der Waals surface area (Å²) in [6.07, 6.45) is 1.58. The van der Waals surface area contributed by atoms with Crippen LogP contribution in [0.4, 0.5) is 11.4 Å². The van der Waals surface area contributed by atoms with Gasteiger partial charge in [0.05, 0.1) is 33.1 Å². The van der Waals surface area contributed by atoms with Gasteiger partial charge in [-0.25, -0.2) is 4.98 Å². The van der Waals surface area contributed by atoms with E-state index in [-0.39, 0.29) is 34.8 Å². The van der Waals surface area contributed by atoms with Gasteiger partial charge in [-0.2, -0.15) is 5.10 Å². The number of H-pyrrole nitrogens is 1. The van der Waals surface area contributed by atoms with Gasteiger partial charge in [0.15, 0.2) is 17.3 Å². The van der Waals surface area contributed by atoms with Gasteiger partial charge in [-0.1, -0.05) is 45.9 Å². The van der Waals surface area contributed by atoms with Crippen molar-refractivity contribution in [3.8, 4) is 39.8 Å². The number of aryl methyl sites for hydroxylation is 1. The van der Waals surface area contributed by atoms with E-state index in [9.17, 15) is 14.4 Å². The first-order valence-electron chi connectivity index (χ1n) is 16.8. The molecule has 0 radical (unpaired) electrons. The van der Waals surface area contributed by atoms with Crippen LogP contribution in [-0.2, 0) is 16.0 Å². The third-order valence-electron chi connectivity index (χ3n) is 8.71. The molecule has 264 valence electrons. The number of carbonyl (C=O) groups is 2. The molecule has 0 saturated carbocycles. The Kier molecular flexibility index (Phi) is 11.1. The normalized spacial score (nSPS) is 14.2. The fourth-order valence-corrected chi connectivity index (χ4v) is 6.34. The lowest BCUT2D eigenvalue weighted by atomic mass is 9.95. The van der Waals surface area contributed by atoms with Gasteiger partial charge in [0.25, 0.3) is 0 Å². The smallest absolute Gasteiger partial charge is 0.246 e. The Hall–Kier alpha value is -5.39. The highest BCUT2D eigenvalue weighted by Crippen LogP contribution is 2.50. The molecule has 1 aliphatic carbocycles. The Morgan fingerprint density at radius 1 is 0.980 bits per heavy atom. The minimum atomic E-state index is -0.734. The van der Waals surface area contributed by atoms with E-state index < -0.39 is 12.1 Å². The monoisotopic (exact) mass is 682 g/mol. The summed E-state index contributed by atoms with van der Waals surface area (Å²) in [7, 11) is 4.66. The number of aromatic nitrogens is 3. The molecular formula is C38H46N6O6. The summed E-state index contributed by atoms with van der Waals surface area (Å²) in [6, 6.07) is 13.1. The Bertz CT molecular complexity index is 1940. The lowest BCUT2D eigenvalue weighted by molar-refractivity contribution is -0.120. The predicted octanol–water partition coefficient (Wildman–Crippen LogP) is 6.24. The van der Waals surface area contributed by atoms with E-state index in [1.54, 1.807) is 39.5 Å². The van der Waals surface area contributed by atoms with Gasteiger partial charge in [-0.05, 0) is 72.2 Å². The molecule has 3 aromatic carbocycles. The van der Waals surface area contributed by atoms with Crippen molar-refractivity contribution in [2.45, 2.75) is 71.9 Å². The maximum atomic E-state index is 14.0. The highest BCUT2D eigenvalue weighted by Gasteiger charge is 2.30. The summed E-state index contributed by atoms with van der Waals surface area (Å²) >= 11 is 0. The zero-order chi connectivity index (χ0) is 36.1.